The lowest BCUT2D eigenvalue weighted by Crippen LogP contribution is -2.19. The van der Waals surface area contributed by atoms with Crippen LogP contribution in [0.3, 0.4) is 0 Å². The van der Waals surface area contributed by atoms with Gasteiger partial charge in [-0.1, -0.05) is 36.4 Å². The van der Waals surface area contributed by atoms with Gasteiger partial charge in [0.05, 0.1) is 16.2 Å². The van der Waals surface area contributed by atoms with Crippen molar-refractivity contribution in [1.82, 2.24) is 0 Å². The number of non-ortho nitro benzene ring substituents is 1. The third-order valence-electron chi connectivity index (χ3n) is 5.35. The number of nitrogens with zero attached hydrogens (tertiary/aromatic N) is 1. The number of para-hydroxylation sites is 1. The molecule has 9 heteroatoms. The Labute approximate surface area is 199 Å². The van der Waals surface area contributed by atoms with E-state index in [0.29, 0.717) is 45.3 Å². The number of carbonyl (C=O) groups is 2. The summed E-state index contributed by atoms with van der Waals surface area (Å²) in [4.78, 5) is 35.4. The SMILES string of the molecule is O=C(Nc1ccccc1)Nc1ccc2c(c1)NC(=O)/C2=C/c1ccc(-c2cccc([N+](=O)[O-])c2)o1. The van der Waals surface area contributed by atoms with Gasteiger partial charge < -0.3 is 20.4 Å². The van der Waals surface area contributed by atoms with Crippen LogP contribution in [0.1, 0.15) is 11.3 Å². The quantitative estimate of drug-likeness (QED) is 0.189. The zero-order chi connectivity index (χ0) is 24.4. The lowest BCUT2D eigenvalue weighted by Gasteiger charge is -2.08. The van der Waals surface area contributed by atoms with Gasteiger partial charge in [-0.05, 0) is 42.5 Å². The second-order valence-corrected chi connectivity index (χ2v) is 7.73. The Balaban J connectivity index is 1.34. The molecule has 4 aromatic rings. The van der Waals surface area contributed by atoms with Crippen LogP contribution in [0.25, 0.3) is 23.0 Å². The summed E-state index contributed by atoms with van der Waals surface area (Å²) in [5, 5.41) is 19.3. The third kappa shape index (κ3) is 4.64. The molecule has 0 fully saturated rings. The van der Waals surface area contributed by atoms with Crippen LogP contribution in [0.5, 0.6) is 0 Å². The van der Waals surface area contributed by atoms with Gasteiger partial charge in [-0.2, -0.15) is 0 Å². The summed E-state index contributed by atoms with van der Waals surface area (Å²) in [6.07, 6.45) is 1.61. The van der Waals surface area contributed by atoms with E-state index >= 15 is 0 Å². The van der Waals surface area contributed by atoms with Crippen molar-refractivity contribution >= 4 is 46.3 Å². The number of amides is 3. The lowest BCUT2D eigenvalue weighted by molar-refractivity contribution is -0.384. The molecule has 3 N–H and O–H groups in total. The van der Waals surface area contributed by atoms with Crippen molar-refractivity contribution in [2.24, 2.45) is 0 Å². The zero-order valence-corrected chi connectivity index (χ0v) is 18.1. The summed E-state index contributed by atoms with van der Waals surface area (Å²) >= 11 is 0. The number of nitro groups is 1. The Morgan fingerprint density at radius 2 is 1.71 bits per heavy atom. The predicted octanol–water partition coefficient (Wildman–Crippen LogP) is 5.99. The maximum Gasteiger partial charge on any atom is 0.323 e. The van der Waals surface area contributed by atoms with Crippen molar-refractivity contribution in [1.29, 1.82) is 0 Å². The van der Waals surface area contributed by atoms with Gasteiger partial charge in [0.2, 0.25) is 0 Å². The fourth-order valence-electron chi connectivity index (χ4n) is 3.73. The Morgan fingerprint density at radius 3 is 2.51 bits per heavy atom. The van der Waals surface area contributed by atoms with Crippen molar-refractivity contribution in [3.8, 4) is 11.3 Å². The van der Waals surface area contributed by atoms with E-state index in [1.807, 2.05) is 18.2 Å². The van der Waals surface area contributed by atoms with Crippen LogP contribution < -0.4 is 16.0 Å². The van der Waals surface area contributed by atoms with Gasteiger partial charge in [0.1, 0.15) is 11.5 Å². The number of urea groups is 1. The van der Waals surface area contributed by atoms with E-state index in [9.17, 15) is 19.7 Å². The molecule has 1 aliphatic heterocycles. The first-order valence-electron chi connectivity index (χ1n) is 10.6. The molecule has 0 bridgehead atoms. The van der Waals surface area contributed by atoms with E-state index < -0.39 is 11.0 Å². The fourth-order valence-corrected chi connectivity index (χ4v) is 3.73. The molecule has 35 heavy (non-hydrogen) atoms. The van der Waals surface area contributed by atoms with Gasteiger partial charge in [0, 0.05) is 34.6 Å². The van der Waals surface area contributed by atoms with E-state index in [0.717, 1.165) is 0 Å². The minimum atomic E-state index is -0.469. The molecule has 1 aromatic heterocycles. The number of anilines is 3. The van der Waals surface area contributed by atoms with Crippen LogP contribution in [-0.2, 0) is 4.79 Å². The van der Waals surface area contributed by atoms with Crippen molar-refractivity contribution in [2.75, 3.05) is 16.0 Å². The zero-order valence-electron chi connectivity index (χ0n) is 18.1. The van der Waals surface area contributed by atoms with E-state index in [2.05, 4.69) is 16.0 Å². The predicted molar refractivity (Wildman–Crippen MR) is 133 cm³/mol. The molecule has 0 unspecified atom stereocenters. The Morgan fingerprint density at radius 1 is 0.914 bits per heavy atom. The summed E-state index contributed by atoms with van der Waals surface area (Å²) in [5.41, 5.74) is 3.33. The first-order valence-corrected chi connectivity index (χ1v) is 10.6. The number of nitrogens with one attached hydrogen (secondary N) is 3. The molecule has 0 radical (unpaired) electrons. The van der Waals surface area contributed by atoms with Crippen LogP contribution >= 0.6 is 0 Å². The molecule has 0 aliphatic carbocycles. The first-order chi connectivity index (χ1) is 17.0. The molecule has 0 saturated carbocycles. The molecule has 9 nitrogen and oxygen atoms in total. The minimum Gasteiger partial charge on any atom is -0.457 e. The second-order valence-electron chi connectivity index (χ2n) is 7.73. The lowest BCUT2D eigenvalue weighted by atomic mass is 10.1. The number of hydrogen-bond donors (Lipinski definition) is 3. The summed E-state index contributed by atoms with van der Waals surface area (Å²) in [6.45, 7) is 0. The highest BCUT2D eigenvalue weighted by Gasteiger charge is 2.25. The Bertz CT molecular complexity index is 1490. The standard InChI is InChI=1S/C26H18N4O5/c31-25-22(15-20-10-12-24(35-20)16-5-4-8-19(13-16)30(33)34)21-11-9-18(14-23(21)29-25)28-26(32)27-17-6-2-1-3-7-17/h1-15H,(H,29,31)(H2,27,28,32)/b22-15+. The van der Waals surface area contributed by atoms with E-state index in [1.54, 1.807) is 60.7 Å². The maximum absolute atomic E-state index is 12.6. The topological polar surface area (TPSA) is 127 Å². The number of carbonyl (C=O) groups excluding carboxylic acids is 2. The number of fused-ring (bicyclic) bond motifs is 1. The van der Waals surface area contributed by atoms with Crippen LogP contribution in [0.15, 0.2) is 89.3 Å². The number of nitro benzene ring substituents is 1. The van der Waals surface area contributed by atoms with Crippen molar-refractivity contribution in [3.63, 3.8) is 0 Å². The maximum atomic E-state index is 12.6. The van der Waals surface area contributed by atoms with Crippen LogP contribution in [0.2, 0.25) is 0 Å². The molecule has 0 saturated heterocycles. The van der Waals surface area contributed by atoms with Crippen molar-refractivity contribution in [3.05, 3.63) is 106 Å². The molecule has 0 spiro atoms. The second kappa shape index (κ2) is 8.99. The van der Waals surface area contributed by atoms with Gasteiger partial charge in [0.15, 0.2) is 0 Å². The average molecular weight is 466 g/mol. The Kier molecular flexibility index (Phi) is 5.56. The number of hydrogen-bond acceptors (Lipinski definition) is 5. The van der Waals surface area contributed by atoms with E-state index in [1.165, 1.54) is 12.1 Å². The van der Waals surface area contributed by atoms with Crippen molar-refractivity contribution in [2.45, 2.75) is 0 Å². The number of benzene rings is 3. The molecule has 172 valence electrons. The van der Waals surface area contributed by atoms with Gasteiger partial charge >= 0.3 is 6.03 Å². The molecule has 2 heterocycles. The van der Waals surface area contributed by atoms with Gasteiger partial charge in [-0.3, -0.25) is 14.9 Å². The average Bonchev–Trinajstić information content (AvgIpc) is 3.44. The summed E-state index contributed by atoms with van der Waals surface area (Å²) in [6, 6.07) is 23.3. The molecule has 3 amide bonds. The monoisotopic (exact) mass is 466 g/mol. The fraction of sp³-hybridized carbons (Fsp3) is 0. The van der Waals surface area contributed by atoms with E-state index in [4.69, 9.17) is 4.42 Å². The molecule has 5 rings (SSSR count). The van der Waals surface area contributed by atoms with Gasteiger partial charge in [-0.25, -0.2) is 4.79 Å². The molecular formula is C26H18N4O5. The number of furan rings is 1. The van der Waals surface area contributed by atoms with E-state index in [-0.39, 0.29) is 11.6 Å². The van der Waals surface area contributed by atoms with Gasteiger partial charge in [-0.15, -0.1) is 0 Å². The van der Waals surface area contributed by atoms with Crippen LogP contribution in [0, 0.1) is 10.1 Å². The Hall–Kier alpha value is -5.18. The molecule has 1 aliphatic rings. The summed E-state index contributed by atoms with van der Waals surface area (Å²) in [7, 11) is 0. The smallest absolute Gasteiger partial charge is 0.323 e. The molecule has 3 aromatic carbocycles. The van der Waals surface area contributed by atoms with Crippen molar-refractivity contribution < 1.29 is 18.9 Å². The van der Waals surface area contributed by atoms with Gasteiger partial charge in [0.25, 0.3) is 11.6 Å². The van der Waals surface area contributed by atoms with Crippen LogP contribution in [-0.4, -0.2) is 16.9 Å². The molecular weight excluding hydrogens is 448 g/mol. The summed E-state index contributed by atoms with van der Waals surface area (Å²) in [5.74, 6) is 0.566. The highest BCUT2D eigenvalue weighted by Crippen LogP contribution is 2.36. The molecule has 0 atom stereocenters. The first kappa shape index (κ1) is 21.7. The highest BCUT2D eigenvalue weighted by molar-refractivity contribution is 6.35. The minimum absolute atomic E-state index is 0.0373. The van der Waals surface area contributed by atoms with Crippen LogP contribution in [0.4, 0.5) is 27.5 Å². The normalized spacial score (nSPS) is 13.3. The highest BCUT2D eigenvalue weighted by atomic mass is 16.6. The third-order valence-corrected chi connectivity index (χ3v) is 5.35. The number of rotatable bonds is 5. The summed E-state index contributed by atoms with van der Waals surface area (Å²) < 4.78 is 5.82. The largest absolute Gasteiger partial charge is 0.457 e.